The average Bonchev–Trinajstić information content (AvgIpc) is 3.26. The molecule has 1 amide bonds. The van der Waals surface area contributed by atoms with Crippen LogP contribution < -0.4 is 0 Å². The summed E-state index contributed by atoms with van der Waals surface area (Å²) in [5, 5.41) is 0.0842. The molecule has 0 unspecified atom stereocenters. The summed E-state index contributed by atoms with van der Waals surface area (Å²) in [5.74, 6) is -0.259. The molecule has 8 heteroatoms. The molecule has 0 saturated carbocycles. The number of para-hydroxylation sites is 1. The lowest BCUT2D eigenvalue weighted by molar-refractivity contribution is -0.0219. The van der Waals surface area contributed by atoms with Crippen LogP contribution in [-0.4, -0.2) is 53.2 Å². The number of rotatable bonds is 7. The first-order valence-electron chi connectivity index (χ1n) is 14.5. The molecule has 6 nitrogen and oxygen atoms in total. The van der Waals surface area contributed by atoms with E-state index < -0.39 is 13.9 Å². The smallest absolute Gasteiger partial charge is 0.410 e. The predicted molar refractivity (Wildman–Crippen MR) is 162 cm³/mol. The molecule has 1 fully saturated rings. The van der Waals surface area contributed by atoms with Crippen molar-refractivity contribution in [1.82, 2.24) is 14.5 Å². The molecule has 218 valence electrons. The summed E-state index contributed by atoms with van der Waals surface area (Å²) in [6, 6.07) is 12.6. The van der Waals surface area contributed by atoms with E-state index in [4.69, 9.17) is 14.1 Å². The molecule has 1 aliphatic rings. The number of aryl methyl sites for hydroxylation is 1. The van der Waals surface area contributed by atoms with E-state index in [2.05, 4.69) is 44.5 Å². The molecule has 1 aliphatic heterocycles. The molecule has 3 aromatic rings. The third-order valence-electron chi connectivity index (χ3n) is 8.28. The monoisotopic (exact) mass is 567 g/mol. The van der Waals surface area contributed by atoms with Gasteiger partial charge in [-0.15, -0.1) is 0 Å². The Bertz CT molecular complexity index is 1320. The van der Waals surface area contributed by atoms with Gasteiger partial charge in [0.25, 0.3) is 0 Å². The van der Waals surface area contributed by atoms with E-state index in [-0.39, 0.29) is 29.1 Å². The van der Waals surface area contributed by atoms with Gasteiger partial charge < -0.3 is 18.6 Å². The van der Waals surface area contributed by atoms with Gasteiger partial charge in [-0.05, 0) is 88.3 Å². The number of piperidine rings is 1. The van der Waals surface area contributed by atoms with Crippen LogP contribution in [0.2, 0.25) is 18.1 Å². The number of amides is 1. The molecule has 2 heterocycles. The molecule has 1 aromatic heterocycles. The first-order valence-corrected chi connectivity index (χ1v) is 17.4. The molecule has 0 spiro atoms. The fourth-order valence-electron chi connectivity index (χ4n) is 5.23. The molecule has 0 aliphatic carbocycles. The van der Waals surface area contributed by atoms with Crippen LogP contribution in [0.3, 0.4) is 0 Å². The summed E-state index contributed by atoms with van der Waals surface area (Å²) in [6.45, 7) is 18.5. The normalized spacial score (nSPS) is 18.8. The number of ether oxygens (including phenoxy) is 1. The number of hydrogen-bond donors (Lipinski definition) is 0. The summed E-state index contributed by atoms with van der Waals surface area (Å²) in [6.07, 6.45) is 5.11. The lowest BCUT2D eigenvalue weighted by Gasteiger charge is -2.47. The third-order valence-corrected chi connectivity index (χ3v) is 12.8. The maximum absolute atomic E-state index is 13.9. The van der Waals surface area contributed by atoms with Gasteiger partial charge in [0.05, 0.1) is 29.5 Å². The van der Waals surface area contributed by atoms with Crippen LogP contribution in [-0.2, 0) is 15.7 Å². The lowest BCUT2D eigenvalue weighted by atomic mass is 9.95. The number of fused-ring (bicyclic) bond motifs is 1. The van der Waals surface area contributed by atoms with Crippen LogP contribution in [0.15, 0.2) is 48.8 Å². The molecule has 0 bridgehead atoms. The number of imidazole rings is 1. The van der Waals surface area contributed by atoms with Gasteiger partial charge in [0.15, 0.2) is 8.32 Å². The molecule has 0 N–H and O–H groups in total. The van der Waals surface area contributed by atoms with E-state index >= 15 is 0 Å². The van der Waals surface area contributed by atoms with Crippen LogP contribution >= 0.6 is 0 Å². The molecule has 1 saturated heterocycles. The van der Waals surface area contributed by atoms with E-state index in [1.807, 2.05) is 50.2 Å². The maximum atomic E-state index is 13.9. The highest BCUT2D eigenvalue weighted by Gasteiger charge is 2.44. The van der Waals surface area contributed by atoms with Crippen molar-refractivity contribution in [2.75, 3.05) is 6.54 Å². The largest absolute Gasteiger partial charge is 0.444 e. The van der Waals surface area contributed by atoms with E-state index in [0.29, 0.717) is 6.54 Å². The predicted octanol–water partition coefficient (Wildman–Crippen LogP) is 8.41. The van der Waals surface area contributed by atoms with Gasteiger partial charge in [0.1, 0.15) is 11.4 Å². The Hall–Kier alpha value is -2.71. The molecule has 4 rings (SSSR count). The van der Waals surface area contributed by atoms with Crippen molar-refractivity contribution < 1.29 is 18.3 Å². The fourth-order valence-corrected chi connectivity index (χ4v) is 6.62. The van der Waals surface area contributed by atoms with Crippen molar-refractivity contribution in [1.29, 1.82) is 0 Å². The number of benzene rings is 2. The number of hydrogen-bond acceptors (Lipinski definition) is 4. The van der Waals surface area contributed by atoms with Gasteiger partial charge in [0, 0.05) is 18.7 Å². The molecule has 2 aromatic carbocycles. The summed E-state index contributed by atoms with van der Waals surface area (Å²) >= 11 is 0. The molecule has 0 radical (unpaired) electrons. The zero-order chi connectivity index (χ0) is 29.3. The SMILES string of the molecule is CC(C)(C)OC(=O)N1CCC[C@H](O[Si](C)(C)C(C)(C)C)[C@H]1CCCn1cnc2c(-c3cccc(F)c3)cccc21. The van der Waals surface area contributed by atoms with E-state index in [1.165, 1.54) is 6.07 Å². The molecule has 40 heavy (non-hydrogen) atoms. The Balaban J connectivity index is 1.55. The van der Waals surface area contributed by atoms with Gasteiger partial charge >= 0.3 is 6.09 Å². The summed E-state index contributed by atoms with van der Waals surface area (Å²) in [7, 11) is -2.04. The number of nitrogens with zero attached hydrogens (tertiary/aromatic N) is 3. The average molecular weight is 568 g/mol. The quantitative estimate of drug-likeness (QED) is 0.269. The fraction of sp³-hybridized carbons (Fsp3) is 0.562. The highest BCUT2D eigenvalue weighted by atomic mass is 28.4. The van der Waals surface area contributed by atoms with Gasteiger partial charge in [0.2, 0.25) is 0 Å². The Morgan fingerprint density at radius 2 is 1.82 bits per heavy atom. The topological polar surface area (TPSA) is 56.6 Å². The number of likely N-dealkylation sites (tertiary alicyclic amines) is 1. The number of carbonyl (C=O) groups is 1. The Kier molecular flexibility index (Phi) is 8.81. The first-order chi connectivity index (χ1) is 18.7. The minimum atomic E-state index is -2.04. The second-order valence-corrected chi connectivity index (χ2v) is 18.3. The minimum absolute atomic E-state index is 0.0127. The van der Waals surface area contributed by atoms with Crippen molar-refractivity contribution >= 4 is 25.4 Å². The van der Waals surface area contributed by atoms with Crippen molar-refractivity contribution in [3.8, 4) is 11.1 Å². The highest BCUT2D eigenvalue weighted by molar-refractivity contribution is 6.74. The van der Waals surface area contributed by atoms with E-state index in [9.17, 15) is 9.18 Å². The standard InChI is InChI=1S/C32H46FN3O3Si/c1-31(2,3)38-30(37)36-20-12-18-28(39-40(7,8)32(4,5)6)26(36)17-11-19-35-22-34-29-25(15-10-16-27(29)35)23-13-9-14-24(33)21-23/h9-10,13-16,21-22,26,28H,11-12,17-20H2,1-8H3/t26-,28+/m1/s1. The van der Waals surface area contributed by atoms with Crippen LogP contribution in [0.4, 0.5) is 9.18 Å². The maximum Gasteiger partial charge on any atom is 0.410 e. The van der Waals surface area contributed by atoms with Gasteiger partial charge in [-0.1, -0.05) is 45.0 Å². The van der Waals surface area contributed by atoms with Crippen LogP contribution in [0, 0.1) is 5.82 Å². The van der Waals surface area contributed by atoms with Gasteiger partial charge in [-0.2, -0.15) is 0 Å². The van der Waals surface area contributed by atoms with Crippen molar-refractivity contribution in [2.45, 2.75) is 110 Å². The summed E-state index contributed by atoms with van der Waals surface area (Å²) < 4.78 is 28.8. The van der Waals surface area contributed by atoms with Crippen LogP contribution in [0.1, 0.15) is 67.2 Å². The van der Waals surface area contributed by atoms with Crippen molar-refractivity contribution in [3.63, 3.8) is 0 Å². The van der Waals surface area contributed by atoms with Gasteiger partial charge in [-0.25, -0.2) is 14.2 Å². The number of carbonyl (C=O) groups excluding carboxylic acids is 1. The number of aromatic nitrogens is 2. The molecule has 2 atom stereocenters. The lowest BCUT2D eigenvalue weighted by Crippen LogP contribution is -2.56. The zero-order valence-electron chi connectivity index (χ0n) is 25.5. The number of halogens is 1. The summed E-state index contributed by atoms with van der Waals surface area (Å²) in [5.41, 5.74) is 3.06. The first kappa shape index (κ1) is 30.3. The Morgan fingerprint density at radius 1 is 1.10 bits per heavy atom. The third kappa shape index (κ3) is 6.94. The second-order valence-electron chi connectivity index (χ2n) is 13.6. The molecular weight excluding hydrogens is 521 g/mol. The van der Waals surface area contributed by atoms with Crippen molar-refractivity contribution in [3.05, 3.63) is 54.6 Å². The van der Waals surface area contributed by atoms with Crippen LogP contribution in [0.5, 0.6) is 0 Å². The van der Waals surface area contributed by atoms with E-state index in [0.717, 1.165) is 54.4 Å². The second kappa shape index (κ2) is 11.6. The zero-order valence-corrected chi connectivity index (χ0v) is 26.5. The minimum Gasteiger partial charge on any atom is -0.444 e. The summed E-state index contributed by atoms with van der Waals surface area (Å²) in [4.78, 5) is 19.9. The van der Waals surface area contributed by atoms with Gasteiger partial charge in [-0.3, -0.25) is 0 Å². The van der Waals surface area contributed by atoms with E-state index in [1.54, 1.807) is 12.1 Å². The van der Waals surface area contributed by atoms with Crippen LogP contribution in [0.25, 0.3) is 22.2 Å². The molecular formula is C32H46FN3O3Si. The van der Waals surface area contributed by atoms with Crippen molar-refractivity contribution in [2.24, 2.45) is 0 Å². The Labute approximate surface area is 240 Å². The highest BCUT2D eigenvalue weighted by Crippen LogP contribution is 2.40. The Morgan fingerprint density at radius 3 is 2.50 bits per heavy atom.